The maximum atomic E-state index is 14.4. The monoisotopic (exact) mass is 490 g/mol. The van der Waals surface area contributed by atoms with Gasteiger partial charge in [-0.05, 0) is 59.3 Å². The summed E-state index contributed by atoms with van der Waals surface area (Å²) in [6, 6.07) is 6.55. The van der Waals surface area contributed by atoms with Crippen molar-refractivity contribution < 1.29 is 22.7 Å². The van der Waals surface area contributed by atoms with Crippen molar-refractivity contribution in [2.75, 3.05) is 23.8 Å². The Morgan fingerprint density at radius 3 is 2.63 bits per heavy atom. The first-order chi connectivity index (χ1) is 13.0. The molecule has 0 radical (unpaired) electrons. The van der Waals surface area contributed by atoms with Crippen LogP contribution in [0.1, 0.15) is 6.42 Å². The average molecular weight is 490 g/mol. The van der Waals surface area contributed by atoms with Crippen molar-refractivity contribution in [3.63, 3.8) is 0 Å². The summed E-state index contributed by atoms with van der Waals surface area (Å²) < 4.78 is 48.3. The molecule has 0 fully saturated rings. The maximum Gasteiger partial charge on any atom is 0.315 e. The molecular weight excluding hydrogens is 476 g/mol. The molecule has 0 amide bonds. The Hall–Kier alpha value is -2.34. The van der Waals surface area contributed by atoms with E-state index in [1.807, 2.05) is 22.6 Å². The number of anilines is 3. The molecule has 10 heteroatoms. The predicted octanol–water partition coefficient (Wildman–Crippen LogP) is 4.30. The van der Waals surface area contributed by atoms with Gasteiger partial charge in [-0.15, -0.1) is 5.10 Å². The quantitative estimate of drug-likeness (QED) is 0.339. The van der Waals surface area contributed by atoms with Crippen molar-refractivity contribution in [1.82, 2.24) is 10.2 Å². The van der Waals surface area contributed by atoms with E-state index in [9.17, 15) is 13.2 Å². The average Bonchev–Trinajstić information content (AvgIpc) is 3.10. The fraction of sp³-hybridized carbons (Fsp3) is 0.176. The molecule has 0 aliphatic heterocycles. The Morgan fingerprint density at radius 2 is 1.89 bits per heavy atom. The molecule has 0 aliphatic carbocycles. The van der Waals surface area contributed by atoms with E-state index < -0.39 is 17.5 Å². The molecule has 1 heterocycles. The molecule has 3 aromatic rings. The minimum Gasteiger partial charge on any atom is -0.403 e. The Morgan fingerprint density at radius 1 is 1.07 bits per heavy atom. The van der Waals surface area contributed by atoms with Gasteiger partial charge in [0.15, 0.2) is 11.6 Å². The molecule has 0 saturated heterocycles. The molecule has 0 aliphatic rings. The lowest BCUT2D eigenvalue weighted by Crippen LogP contribution is -2.03. The SMILES string of the molecule is OCCCNc1nnc(-c2ccc(F)c(F)c2Nc2ccc(I)cc2F)o1. The summed E-state index contributed by atoms with van der Waals surface area (Å²) in [6.45, 7) is 0.391. The molecule has 0 unspecified atom stereocenters. The van der Waals surface area contributed by atoms with E-state index >= 15 is 0 Å². The van der Waals surface area contributed by atoms with E-state index in [-0.39, 0.29) is 35.5 Å². The van der Waals surface area contributed by atoms with Crippen LogP contribution in [0.4, 0.5) is 30.6 Å². The summed E-state index contributed by atoms with van der Waals surface area (Å²) >= 11 is 1.94. The highest BCUT2D eigenvalue weighted by atomic mass is 127. The first-order valence-corrected chi connectivity index (χ1v) is 8.96. The third-order valence-corrected chi connectivity index (χ3v) is 4.22. The Labute approximate surface area is 165 Å². The Kier molecular flexibility index (Phi) is 6.16. The van der Waals surface area contributed by atoms with Crippen molar-refractivity contribution in [3.8, 4) is 11.5 Å². The number of nitrogens with zero attached hydrogens (tertiary/aromatic N) is 2. The van der Waals surface area contributed by atoms with Gasteiger partial charge in [0, 0.05) is 16.7 Å². The molecular formula is C17H14F3IN4O2. The third kappa shape index (κ3) is 4.50. The molecule has 1 aromatic heterocycles. The third-order valence-electron chi connectivity index (χ3n) is 3.55. The molecule has 0 saturated carbocycles. The second kappa shape index (κ2) is 8.57. The van der Waals surface area contributed by atoms with Gasteiger partial charge in [0.1, 0.15) is 5.82 Å². The molecule has 3 N–H and O–H groups in total. The van der Waals surface area contributed by atoms with Crippen LogP contribution in [-0.4, -0.2) is 28.5 Å². The largest absolute Gasteiger partial charge is 0.403 e. The number of benzene rings is 2. The van der Waals surface area contributed by atoms with Crippen LogP contribution in [0.15, 0.2) is 34.7 Å². The summed E-state index contributed by atoms with van der Waals surface area (Å²) in [6.07, 6.45) is 0.474. The van der Waals surface area contributed by atoms with Crippen molar-refractivity contribution in [1.29, 1.82) is 0 Å². The summed E-state index contributed by atoms with van der Waals surface area (Å²) in [5, 5.41) is 21.7. The molecule has 142 valence electrons. The van der Waals surface area contributed by atoms with Crippen LogP contribution in [-0.2, 0) is 0 Å². The lowest BCUT2D eigenvalue weighted by atomic mass is 10.1. The number of hydrogen-bond acceptors (Lipinski definition) is 6. The minimum atomic E-state index is -1.20. The standard InChI is InChI=1S/C17H14F3IN4O2/c18-11-4-3-10(16-24-25-17(27-16)22-6-1-7-26)15(14(11)20)23-13-5-2-9(21)8-12(13)19/h2-5,8,23,26H,1,6-7H2,(H,22,25). The summed E-state index contributed by atoms with van der Waals surface area (Å²) in [5.74, 6) is -2.99. The number of nitrogens with one attached hydrogen (secondary N) is 2. The van der Waals surface area contributed by atoms with Gasteiger partial charge in [0.2, 0.25) is 0 Å². The summed E-state index contributed by atoms with van der Waals surface area (Å²) in [7, 11) is 0. The second-order valence-electron chi connectivity index (χ2n) is 5.45. The van der Waals surface area contributed by atoms with E-state index in [0.29, 0.717) is 16.5 Å². The zero-order valence-corrected chi connectivity index (χ0v) is 15.9. The van der Waals surface area contributed by atoms with E-state index in [1.165, 1.54) is 18.2 Å². The zero-order valence-electron chi connectivity index (χ0n) is 13.8. The summed E-state index contributed by atoms with van der Waals surface area (Å²) in [4.78, 5) is 0. The lowest BCUT2D eigenvalue weighted by Gasteiger charge is -2.12. The topological polar surface area (TPSA) is 83.2 Å². The van der Waals surface area contributed by atoms with E-state index in [1.54, 1.807) is 6.07 Å². The molecule has 27 heavy (non-hydrogen) atoms. The second-order valence-corrected chi connectivity index (χ2v) is 6.70. The molecule has 0 atom stereocenters. The molecule has 6 nitrogen and oxygen atoms in total. The fourth-order valence-electron chi connectivity index (χ4n) is 2.25. The first kappa shape index (κ1) is 19.4. The normalized spacial score (nSPS) is 10.9. The van der Waals surface area contributed by atoms with Crippen molar-refractivity contribution in [2.45, 2.75) is 6.42 Å². The van der Waals surface area contributed by atoms with Gasteiger partial charge < -0.3 is 20.2 Å². The number of hydrogen-bond donors (Lipinski definition) is 3. The van der Waals surface area contributed by atoms with Crippen LogP contribution in [0.3, 0.4) is 0 Å². The highest BCUT2D eigenvalue weighted by Crippen LogP contribution is 2.34. The number of rotatable bonds is 7. The molecule has 3 rings (SSSR count). The Balaban J connectivity index is 1.95. The minimum absolute atomic E-state index is 0.00713. The summed E-state index contributed by atoms with van der Waals surface area (Å²) in [5.41, 5.74) is -0.266. The highest BCUT2D eigenvalue weighted by molar-refractivity contribution is 14.1. The number of aromatic nitrogens is 2. The maximum absolute atomic E-state index is 14.4. The van der Waals surface area contributed by atoms with Gasteiger partial charge in [-0.25, -0.2) is 13.2 Å². The van der Waals surface area contributed by atoms with Crippen LogP contribution in [0.25, 0.3) is 11.5 Å². The van der Waals surface area contributed by atoms with Gasteiger partial charge in [-0.2, -0.15) is 0 Å². The van der Waals surface area contributed by atoms with Crippen LogP contribution in [0.2, 0.25) is 0 Å². The van der Waals surface area contributed by atoms with Gasteiger partial charge in [0.05, 0.1) is 16.9 Å². The van der Waals surface area contributed by atoms with Crippen LogP contribution < -0.4 is 10.6 Å². The molecule has 2 aromatic carbocycles. The molecule has 0 bridgehead atoms. The van der Waals surface area contributed by atoms with E-state index in [2.05, 4.69) is 20.8 Å². The van der Waals surface area contributed by atoms with E-state index in [0.717, 1.165) is 6.07 Å². The first-order valence-electron chi connectivity index (χ1n) is 7.88. The van der Waals surface area contributed by atoms with Crippen LogP contribution in [0, 0.1) is 21.0 Å². The lowest BCUT2D eigenvalue weighted by molar-refractivity contribution is 0.292. The fourth-order valence-corrected chi connectivity index (χ4v) is 2.71. The van der Waals surface area contributed by atoms with Crippen molar-refractivity contribution >= 4 is 40.0 Å². The van der Waals surface area contributed by atoms with Gasteiger partial charge >= 0.3 is 6.01 Å². The van der Waals surface area contributed by atoms with Gasteiger partial charge in [-0.1, -0.05) is 5.10 Å². The number of aliphatic hydroxyl groups excluding tert-OH is 1. The predicted molar refractivity (Wildman–Crippen MR) is 102 cm³/mol. The van der Waals surface area contributed by atoms with Gasteiger partial charge in [-0.3, -0.25) is 0 Å². The smallest absolute Gasteiger partial charge is 0.315 e. The van der Waals surface area contributed by atoms with Crippen LogP contribution in [0.5, 0.6) is 0 Å². The van der Waals surface area contributed by atoms with Crippen molar-refractivity contribution in [3.05, 3.63) is 51.4 Å². The number of aliphatic hydroxyl groups is 1. The van der Waals surface area contributed by atoms with Gasteiger partial charge in [0.25, 0.3) is 5.89 Å². The van der Waals surface area contributed by atoms with Crippen LogP contribution >= 0.6 is 22.6 Å². The highest BCUT2D eigenvalue weighted by Gasteiger charge is 2.20. The van der Waals surface area contributed by atoms with E-state index in [4.69, 9.17) is 9.52 Å². The van der Waals surface area contributed by atoms with Crippen molar-refractivity contribution in [2.24, 2.45) is 0 Å². The molecule has 0 spiro atoms. The number of halogens is 4. The Bertz CT molecular complexity index is 952. The zero-order chi connectivity index (χ0) is 19.4.